The second-order valence-corrected chi connectivity index (χ2v) is 7.38. The summed E-state index contributed by atoms with van der Waals surface area (Å²) < 4.78 is 7.86. The molecule has 3 rings (SSSR count). The van der Waals surface area contributed by atoms with Crippen LogP contribution in [0.4, 0.5) is 0 Å². The molecule has 1 fully saturated rings. The van der Waals surface area contributed by atoms with Gasteiger partial charge in [-0.05, 0) is 63.3 Å². The van der Waals surface area contributed by atoms with Crippen molar-refractivity contribution in [3.8, 4) is 5.69 Å². The molecule has 0 bridgehead atoms. The Morgan fingerprint density at radius 1 is 1.32 bits per heavy atom. The van der Waals surface area contributed by atoms with Crippen molar-refractivity contribution in [2.24, 2.45) is 5.73 Å². The Kier molecular flexibility index (Phi) is 5.77. The fourth-order valence-corrected chi connectivity index (χ4v) is 3.84. The van der Waals surface area contributed by atoms with Crippen molar-refractivity contribution in [2.75, 3.05) is 6.61 Å². The standard InChI is InChI=1S/C19H27ClN4O/c1-4-9-25-18-8-5-14(11-16(18)21)19-22-13(3)23-24(19)17-7-6-15(20)10-12(17)2/h6-7,10,14,16,18H,4-5,8-9,11,21H2,1-3H3/t14-,16+,18+/m0/s1. The third kappa shape index (κ3) is 4.05. The molecule has 0 aliphatic heterocycles. The highest BCUT2D eigenvalue weighted by Crippen LogP contribution is 2.34. The number of halogens is 1. The highest BCUT2D eigenvalue weighted by molar-refractivity contribution is 6.30. The second kappa shape index (κ2) is 7.85. The first kappa shape index (κ1) is 18.4. The Morgan fingerprint density at radius 2 is 2.12 bits per heavy atom. The van der Waals surface area contributed by atoms with Crippen molar-refractivity contribution in [1.82, 2.24) is 14.8 Å². The van der Waals surface area contributed by atoms with Gasteiger partial charge in [0, 0.05) is 23.6 Å². The summed E-state index contributed by atoms with van der Waals surface area (Å²) in [4.78, 5) is 4.72. The minimum atomic E-state index is 0.0436. The predicted octanol–water partition coefficient (Wildman–Crippen LogP) is 3.93. The Morgan fingerprint density at radius 3 is 2.80 bits per heavy atom. The summed E-state index contributed by atoms with van der Waals surface area (Å²) in [7, 11) is 0. The first-order valence-electron chi connectivity index (χ1n) is 9.06. The lowest BCUT2D eigenvalue weighted by molar-refractivity contribution is 0.0108. The van der Waals surface area contributed by atoms with E-state index in [1.165, 1.54) is 0 Å². The molecule has 25 heavy (non-hydrogen) atoms. The molecule has 3 atom stereocenters. The lowest BCUT2D eigenvalue weighted by Gasteiger charge is -2.33. The molecule has 1 aromatic carbocycles. The highest BCUT2D eigenvalue weighted by atomic mass is 35.5. The summed E-state index contributed by atoms with van der Waals surface area (Å²) in [6.07, 6.45) is 4.05. The van der Waals surface area contributed by atoms with E-state index in [4.69, 9.17) is 27.1 Å². The Bertz CT molecular complexity index is 730. The molecule has 0 saturated heterocycles. The first-order valence-corrected chi connectivity index (χ1v) is 9.44. The average Bonchev–Trinajstić information content (AvgIpc) is 2.95. The fourth-order valence-electron chi connectivity index (χ4n) is 3.62. The van der Waals surface area contributed by atoms with Crippen LogP contribution in [0.5, 0.6) is 0 Å². The number of ether oxygens (including phenoxy) is 1. The summed E-state index contributed by atoms with van der Waals surface area (Å²) >= 11 is 6.10. The van der Waals surface area contributed by atoms with Crippen LogP contribution in [0.25, 0.3) is 5.69 Å². The molecule has 0 radical (unpaired) electrons. The molecular formula is C19H27ClN4O. The minimum Gasteiger partial charge on any atom is -0.377 e. The second-order valence-electron chi connectivity index (χ2n) is 6.94. The van der Waals surface area contributed by atoms with Crippen LogP contribution in [0.15, 0.2) is 18.2 Å². The van der Waals surface area contributed by atoms with Gasteiger partial charge in [-0.3, -0.25) is 0 Å². The largest absolute Gasteiger partial charge is 0.377 e. The van der Waals surface area contributed by atoms with E-state index < -0.39 is 0 Å². The van der Waals surface area contributed by atoms with Gasteiger partial charge in [0.25, 0.3) is 0 Å². The van der Waals surface area contributed by atoms with E-state index in [0.717, 1.165) is 60.2 Å². The Labute approximate surface area is 154 Å². The van der Waals surface area contributed by atoms with Crippen LogP contribution in [0, 0.1) is 13.8 Å². The van der Waals surface area contributed by atoms with Gasteiger partial charge in [0.2, 0.25) is 0 Å². The molecular weight excluding hydrogens is 336 g/mol. The van der Waals surface area contributed by atoms with Gasteiger partial charge in [-0.15, -0.1) is 0 Å². The average molecular weight is 363 g/mol. The monoisotopic (exact) mass is 362 g/mol. The van der Waals surface area contributed by atoms with Crippen LogP contribution in [0.2, 0.25) is 5.02 Å². The van der Waals surface area contributed by atoms with Crippen molar-refractivity contribution in [1.29, 1.82) is 0 Å². The van der Waals surface area contributed by atoms with Crippen LogP contribution < -0.4 is 5.73 Å². The van der Waals surface area contributed by atoms with E-state index in [1.54, 1.807) is 0 Å². The minimum absolute atomic E-state index is 0.0436. The number of aromatic nitrogens is 3. The van der Waals surface area contributed by atoms with Gasteiger partial charge in [-0.25, -0.2) is 9.67 Å². The molecule has 1 saturated carbocycles. The van der Waals surface area contributed by atoms with Crippen LogP contribution in [-0.2, 0) is 4.74 Å². The lowest BCUT2D eigenvalue weighted by Crippen LogP contribution is -2.42. The van der Waals surface area contributed by atoms with E-state index in [1.807, 2.05) is 36.7 Å². The maximum atomic E-state index is 6.39. The van der Waals surface area contributed by atoms with Gasteiger partial charge in [0.15, 0.2) is 0 Å². The van der Waals surface area contributed by atoms with Gasteiger partial charge < -0.3 is 10.5 Å². The molecule has 6 heteroatoms. The molecule has 136 valence electrons. The molecule has 1 heterocycles. The molecule has 2 aromatic rings. The third-order valence-electron chi connectivity index (χ3n) is 4.86. The van der Waals surface area contributed by atoms with Crippen LogP contribution in [-0.4, -0.2) is 33.5 Å². The first-order chi connectivity index (χ1) is 12.0. The van der Waals surface area contributed by atoms with Crippen molar-refractivity contribution < 1.29 is 4.74 Å². The maximum Gasteiger partial charge on any atom is 0.148 e. The molecule has 2 N–H and O–H groups in total. The summed E-state index contributed by atoms with van der Waals surface area (Å²) in [5.41, 5.74) is 8.50. The fraction of sp³-hybridized carbons (Fsp3) is 0.579. The van der Waals surface area contributed by atoms with Crippen molar-refractivity contribution >= 4 is 11.6 Å². The number of benzene rings is 1. The van der Waals surface area contributed by atoms with Gasteiger partial charge >= 0.3 is 0 Å². The van der Waals surface area contributed by atoms with Crippen LogP contribution in [0.1, 0.15) is 55.7 Å². The van der Waals surface area contributed by atoms with E-state index in [-0.39, 0.29) is 12.1 Å². The van der Waals surface area contributed by atoms with E-state index in [0.29, 0.717) is 5.92 Å². The number of rotatable bonds is 5. The summed E-state index contributed by atoms with van der Waals surface area (Å²) in [6, 6.07) is 5.90. The van der Waals surface area contributed by atoms with E-state index in [2.05, 4.69) is 12.0 Å². The maximum absolute atomic E-state index is 6.39. The topological polar surface area (TPSA) is 66.0 Å². The highest BCUT2D eigenvalue weighted by Gasteiger charge is 2.32. The Balaban J connectivity index is 1.84. The third-order valence-corrected chi connectivity index (χ3v) is 5.10. The number of nitrogens with zero attached hydrogens (tertiary/aromatic N) is 3. The van der Waals surface area contributed by atoms with Gasteiger partial charge in [-0.1, -0.05) is 18.5 Å². The quantitative estimate of drug-likeness (QED) is 0.875. The Hall–Kier alpha value is -1.43. The molecule has 5 nitrogen and oxygen atoms in total. The van der Waals surface area contributed by atoms with E-state index in [9.17, 15) is 0 Å². The summed E-state index contributed by atoms with van der Waals surface area (Å²) in [5, 5.41) is 5.36. The zero-order valence-corrected chi connectivity index (χ0v) is 16.0. The van der Waals surface area contributed by atoms with Gasteiger partial charge in [-0.2, -0.15) is 5.10 Å². The van der Waals surface area contributed by atoms with Crippen molar-refractivity contribution in [3.63, 3.8) is 0 Å². The molecule has 0 unspecified atom stereocenters. The number of hydrogen-bond acceptors (Lipinski definition) is 4. The number of hydrogen-bond donors (Lipinski definition) is 1. The predicted molar refractivity (Wildman–Crippen MR) is 100 cm³/mol. The SMILES string of the molecule is CCCO[C@@H]1CC[C@H](c2nc(C)nn2-c2ccc(Cl)cc2C)C[C@H]1N. The lowest BCUT2D eigenvalue weighted by atomic mass is 9.83. The number of nitrogens with two attached hydrogens (primary N) is 1. The smallest absolute Gasteiger partial charge is 0.148 e. The molecule has 1 aliphatic rings. The molecule has 0 amide bonds. The van der Waals surface area contributed by atoms with Crippen molar-refractivity contribution in [2.45, 2.75) is 64.5 Å². The zero-order valence-electron chi connectivity index (χ0n) is 15.2. The normalized spacial score (nSPS) is 23.8. The van der Waals surface area contributed by atoms with Gasteiger partial charge in [0.05, 0.1) is 11.8 Å². The molecule has 0 spiro atoms. The van der Waals surface area contributed by atoms with E-state index >= 15 is 0 Å². The van der Waals surface area contributed by atoms with Crippen LogP contribution in [0.3, 0.4) is 0 Å². The zero-order chi connectivity index (χ0) is 18.0. The van der Waals surface area contributed by atoms with Gasteiger partial charge in [0.1, 0.15) is 11.6 Å². The van der Waals surface area contributed by atoms with Crippen LogP contribution >= 0.6 is 11.6 Å². The molecule has 1 aliphatic carbocycles. The summed E-state index contributed by atoms with van der Waals surface area (Å²) in [6.45, 7) is 6.88. The molecule has 1 aromatic heterocycles. The summed E-state index contributed by atoms with van der Waals surface area (Å²) in [5.74, 6) is 2.07. The van der Waals surface area contributed by atoms with Crippen molar-refractivity contribution in [3.05, 3.63) is 40.4 Å². The number of aryl methyl sites for hydroxylation is 2.